The second-order valence-corrected chi connectivity index (χ2v) is 2.92. The Bertz CT molecular complexity index is 358. The number of rotatable bonds is 4. The summed E-state index contributed by atoms with van der Waals surface area (Å²) in [5, 5.41) is 8.45. The van der Waals surface area contributed by atoms with E-state index >= 15 is 0 Å². The standard InChI is InChI=1S/C10H11NO4/c1-15-10(14)7-2-3-8(11-6-7)4-5-9(12)13/h2-3,6H,4-5H2,1H3,(H,12,13). The smallest absolute Gasteiger partial charge is 0.339 e. The van der Waals surface area contributed by atoms with Crippen LogP contribution in [0.5, 0.6) is 0 Å². The monoisotopic (exact) mass is 209 g/mol. The molecule has 0 amide bonds. The van der Waals surface area contributed by atoms with Crippen molar-refractivity contribution in [2.75, 3.05) is 7.11 Å². The van der Waals surface area contributed by atoms with Crippen molar-refractivity contribution in [2.24, 2.45) is 0 Å². The van der Waals surface area contributed by atoms with Crippen molar-refractivity contribution in [1.82, 2.24) is 4.98 Å². The first-order valence-corrected chi connectivity index (χ1v) is 4.38. The molecule has 0 aliphatic heterocycles. The number of ether oxygens (including phenoxy) is 1. The number of hydrogen-bond donors (Lipinski definition) is 1. The number of hydrogen-bond acceptors (Lipinski definition) is 4. The van der Waals surface area contributed by atoms with Crippen LogP contribution in [0.15, 0.2) is 18.3 Å². The van der Waals surface area contributed by atoms with E-state index in [1.54, 1.807) is 12.1 Å². The van der Waals surface area contributed by atoms with Gasteiger partial charge in [0.25, 0.3) is 0 Å². The number of methoxy groups -OCH3 is 1. The molecule has 1 N–H and O–H groups in total. The van der Waals surface area contributed by atoms with Crippen LogP contribution in [0.2, 0.25) is 0 Å². The molecule has 0 spiro atoms. The molecule has 0 saturated carbocycles. The second kappa shape index (κ2) is 5.09. The van der Waals surface area contributed by atoms with Gasteiger partial charge in [0.05, 0.1) is 19.1 Å². The average molecular weight is 209 g/mol. The highest BCUT2D eigenvalue weighted by Crippen LogP contribution is 2.04. The third kappa shape index (κ3) is 3.38. The van der Waals surface area contributed by atoms with Gasteiger partial charge in [0.1, 0.15) is 0 Å². The Kier molecular flexibility index (Phi) is 3.79. The molecular weight excluding hydrogens is 198 g/mol. The summed E-state index contributed by atoms with van der Waals surface area (Å²) in [7, 11) is 1.29. The average Bonchev–Trinajstić information content (AvgIpc) is 2.26. The minimum Gasteiger partial charge on any atom is -0.481 e. The molecule has 0 radical (unpaired) electrons. The molecule has 0 bridgehead atoms. The van der Waals surface area contributed by atoms with Gasteiger partial charge in [-0.05, 0) is 12.1 Å². The molecule has 0 atom stereocenters. The van der Waals surface area contributed by atoms with E-state index < -0.39 is 11.9 Å². The number of pyridine rings is 1. The van der Waals surface area contributed by atoms with Gasteiger partial charge in [0, 0.05) is 18.3 Å². The van der Waals surface area contributed by atoms with Crippen molar-refractivity contribution in [2.45, 2.75) is 12.8 Å². The maximum Gasteiger partial charge on any atom is 0.339 e. The number of carbonyl (C=O) groups excluding carboxylic acids is 1. The molecule has 0 aliphatic rings. The molecule has 0 saturated heterocycles. The van der Waals surface area contributed by atoms with Crippen LogP contribution in [0.3, 0.4) is 0 Å². The Balaban J connectivity index is 2.64. The molecular formula is C10H11NO4. The minimum absolute atomic E-state index is 0.0323. The van der Waals surface area contributed by atoms with E-state index in [4.69, 9.17) is 5.11 Å². The van der Waals surface area contributed by atoms with E-state index in [-0.39, 0.29) is 6.42 Å². The zero-order valence-electron chi connectivity index (χ0n) is 8.27. The van der Waals surface area contributed by atoms with Crippen LogP contribution in [0.25, 0.3) is 0 Å². The molecule has 1 aromatic rings. The van der Waals surface area contributed by atoms with Gasteiger partial charge in [0.15, 0.2) is 0 Å². The van der Waals surface area contributed by atoms with Crippen molar-refractivity contribution in [3.63, 3.8) is 0 Å². The Morgan fingerprint density at radius 3 is 2.67 bits per heavy atom. The van der Waals surface area contributed by atoms with Crippen molar-refractivity contribution >= 4 is 11.9 Å². The molecule has 0 unspecified atom stereocenters. The van der Waals surface area contributed by atoms with Gasteiger partial charge in [-0.3, -0.25) is 9.78 Å². The summed E-state index contributed by atoms with van der Waals surface area (Å²) in [5.41, 5.74) is 1.00. The predicted octanol–water partition coefficient (Wildman–Crippen LogP) is 0.885. The molecule has 0 aromatic carbocycles. The number of aromatic nitrogens is 1. The Hall–Kier alpha value is -1.91. The number of aliphatic carboxylic acids is 1. The van der Waals surface area contributed by atoms with Gasteiger partial charge < -0.3 is 9.84 Å². The Labute approximate surface area is 86.7 Å². The van der Waals surface area contributed by atoms with Gasteiger partial charge in [0.2, 0.25) is 0 Å². The van der Waals surface area contributed by atoms with Gasteiger partial charge >= 0.3 is 11.9 Å². The summed E-state index contributed by atoms with van der Waals surface area (Å²) in [5.74, 6) is -1.32. The zero-order chi connectivity index (χ0) is 11.3. The third-order valence-corrected chi connectivity index (χ3v) is 1.84. The van der Waals surface area contributed by atoms with E-state index in [1.165, 1.54) is 13.3 Å². The largest absolute Gasteiger partial charge is 0.481 e. The summed E-state index contributed by atoms with van der Waals surface area (Å²) in [4.78, 5) is 25.3. The van der Waals surface area contributed by atoms with Crippen molar-refractivity contribution < 1.29 is 19.4 Å². The van der Waals surface area contributed by atoms with Gasteiger partial charge in [-0.2, -0.15) is 0 Å². The number of carboxylic acid groups (broad SMARTS) is 1. The van der Waals surface area contributed by atoms with Crippen LogP contribution < -0.4 is 0 Å². The van der Waals surface area contributed by atoms with Crippen LogP contribution in [-0.4, -0.2) is 29.1 Å². The second-order valence-electron chi connectivity index (χ2n) is 2.92. The first kappa shape index (κ1) is 11.2. The lowest BCUT2D eigenvalue weighted by molar-refractivity contribution is -0.136. The number of esters is 1. The molecule has 5 nitrogen and oxygen atoms in total. The molecule has 15 heavy (non-hydrogen) atoms. The fraction of sp³-hybridized carbons (Fsp3) is 0.300. The molecule has 1 heterocycles. The van der Waals surface area contributed by atoms with E-state index in [2.05, 4.69) is 9.72 Å². The lowest BCUT2D eigenvalue weighted by Gasteiger charge is -2.00. The summed E-state index contributed by atoms with van der Waals surface area (Å²) in [6.45, 7) is 0. The summed E-state index contributed by atoms with van der Waals surface area (Å²) < 4.78 is 4.50. The van der Waals surface area contributed by atoms with Crippen LogP contribution in [0.4, 0.5) is 0 Å². The van der Waals surface area contributed by atoms with E-state index in [1.807, 2.05) is 0 Å². The number of carboxylic acids is 1. The summed E-state index contributed by atoms with van der Waals surface area (Å²) >= 11 is 0. The molecule has 80 valence electrons. The maximum absolute atomic E-state index is 11.0. The first-order valence-electron chi connectivity index (χ1n) is 4.38. The zero-order valence-corrected chi connectivity index (χ0v) is 8.27. The lowest BCUT2D eigenvalue weighted by atomic mass is 10.2. The van der Waals surface area contributed by atoms with E-state index in [0.29, 0.717) is 17.7 Å². The van der Waals surface area contributed by atoms with Crippen molar-refractivity contribution in [3.8, 4) is 0 Å². The fourth-order valence-electron chi connectivity index (χ4n) is 1.05. The predicted molar refractivity (Wildman–Crippen MR) is 51.5 cm³/mol. The number of aryl methyl sites for hydroxylation is 1. The number of nitrogens with zero attached hydrogens (tertiary/aromatic N) is 1. The summed E-state index contributed by atoms with van der Waals surface area (Å²) in [6.07, 6.45) is 1.77. The Morgan fingerprint density at radius 1 is 1.47 bits per heavy atom. The topological polar surface area (TPSA) is 76.5 Å². The summed E-state index contributed by atoms with van der Waals surface area (Å²) in [6, 6.07) is 3.19. The SMILES string of the molecule is COC(=O)c1ccc(CCC(=O)O)nc1. The van der Waals surface area contributed by atoms with Gasteiger partial charge in [-0.25, -0.2) is 4.79 Å². The molecule has 0 fully saturated rings. The van der Waals surface area contributed by atoms with Crippen molar-refractivity contribution in [1.29, 1.82) is 0 Å². The lowest BCUT2D eigenvalue weighted by Crippen LogP contribution is -2.03. The first-order chi connectivity index (χ1) is 7.13. The van der Waals surface area contributed by atoms with Crippen LogP contribution in [0, 0.1) is 0 Å². The van der Waals surface area contributed by atoms with Crippen LogP contribution in [-0.2, 0) is 16.0 Å². The minimum atomic E-state index is -0.867. The Morgan fingerprint density at radius 2 is 2.20 bits per heavy atom. The van der Waals surface area contributed by atoms with E-state index in [0.717, 1.165) is 0 Å². The maximum atomic E-state index is 11.0. The highest BCUT2D eigenvalue weighted by Gasteiger charge is 2.06. The molecule has 0 aliphatic carbocycles. The number of carbonyl (C=O) groups is 2. The van der Waals surface area contributed by atoms with Gasteiger partial charge in [-0.15, -0.1) is 0 Å². The highest BCUT2D eigenvalue weighted by molar-refractivity contribution is 5.88. The fourth-order valence-corrected chi connectivity index (χ4v) is 1.05. The molecule has 5 heteroatoms. The highest BCUT2D eigenvalue weighted by atomic mass is 16.5. The quantitative estimate of drug-likeness (QED) is 0.745. The normalized spacial score (nSPS) is 9.67. The van der Waals surface area contributed by atoms with E-state index in [9.17, 15) is 9.59 Å². The van der Waals surface area contributed by atoms with Crippen LogP contribution in [0.1, 0.15) is 22.5 Å². The molecule has 1 aromatic heterocycles. The van der Waals surface area contributed by atoms with Crippen LogP contribution >= 0.6 is 0 Å². The third-order valence-electron chi connectivity index (χ3n) is 1.84. The van der Waals surface area contributed by atoms with Gasteiger partial charge in [-0.1, -0.05) is 0 Å². The van der Waals surface area contributed by atoms with Crippen molar-refractivity contribution in [3.05, 3.63) is 29.6 Å². The molecule has 1 rings (SSSR count).